The van der Waals surface area contributed by atoms with Crippen LogP contribution in [0.15, 0.2) is 23.2 Å². The Bertz CT molecular complexity index is 726. The first kappa shape index (κ1) is 20.6. The fraction of sp³-hybridized carbons (Fsp3) is 0.500. The molecule has 1 aromatic carbocycles. The number of rotatable bonds is 4. The molecule has 0 spiro atoms. The first-order valence-electron chi connectivity index (χ1n) is 7.73. The van der Waals surface area contributed by atoms with E-state index in [-0.39, 0.29) is 6.61 Å². The van der Waals surface area contributed by atoms with Crippen molar-refractivity contribution < 1.29 is 22.7 Å². The van der Waals surface area contributed by atoms with Gasteiger partial charge in [0.1, 0.15) is 11.6 Å². The molecule has 1 saturated carbocycles. The van der Waals surface area contributed by atoms with Crippen LogP contribution in [-0.4, -0.2) is 12.1 Å². The molecule has 2 atom stereocenters. The lowest BCUT2D eigenvalue weighted by Gasteiger charge is -2.12. The first-order chi connectivity index (χ1) is 11.4. The highest BCUT2D eigenvalue weighted by atomic mass is 127. The second kappa shape index (κ2) is 7.10. The number of carbonyl (C=O) groups excluding carboxylic acids is 1. The Morgan fingerprint density at radius 1 is 1.36 bits per heavy atom. The average molecular weight is 487 g/mol. The molecule has 2 rings (SSSR count). The number of allylic oxidation sites excluding steroid dienone is 2. The Balaban J connectivity index is 2.09. The third-order valence-corrected chi connectivity index (χ3v) is 6.40. The summed E-state index contributed by atoms with van der Waals surface area (Å²) < 4.78 is 44.3. The average Bonchev–Trinajstić information content (AvgIpc) is 3.02. The van der Waals surface area contributed by atoms with Crippen molar-refractivity contribution in [2.75, 3.05) is 0 Å². The SMILES string of the molecule is Cc1ccc(I)c(C)c1COC(=O)C1C(/C=C(/Cl)C(F)(F)F)C1(C)C. The summed E-state index contributed by atoms with van der Waals surface area (Å²) in [6, 6.07) is 3.94. The lowest BCUT2D eigenvalue weighted by atomic mass is 10.0. The molecule has 138 valence electrons. The lowest BCUT2D eigenvalue weighted by Crippen LogP contribution is -2.12. The molecular weight excluding hydrogens is 468 g/mol. The van der Waals surface area contributed by atoms with E-state index in [0.29, 0.717) is 0 Å². The minimum atomic E-state index is -4.59. The number of halogens is 5. The number of benzene rings is 1. The van der Waals surface area contributed by atoms with Crippen LogP contribution in [-0.2, 0) is 16.1 Å². The normalized spacial score (nSPS) is 22.7. The molecule has 1 aliphatic carbocycles. The molecule has 0 amide bonds. The minimum Gasteiger partial charge on any atom is -0.461 e. The monoisotopic (exact) mass is 486 g/mol. The molecule has 0 bridgehead atoms. The van der Waals surface area contributed by atoms with Gasteiger partial charge in [-0.2, -0.15) is 13.2 Å². The molecule has 0 aromatic heterocycles. The van der Waals surface area contributed by atoms with Crippen LogP contribution < -0.4 is 0 Å². The Kier molecular flexibility index (Phi) is 5.84. The molecule has 2 unspecified atom stereocenters. The van der Waals surface area contributed by atoms with Crippen molar-refractivity contribution in [3.8, 4) is 0 Å². The number of alkyl halides is 3. The minimum absolute atomic E-state index is 0.114. The first-order valence-corrected chi connectivity index (χ1v) is 9.18. The highest BCUT2D eigenvalue weighted by Gasteiger charge is 2.62. The fourth-order valence-corrected chi connectivity index (χ4v) is 3.65. The summed E-state index contributed by atoms with van der Waals surface area (Å²) >= 11 is 7.51. The summed E-state index contributed by atoms with van der Waals surface area (Å²) in [7, 11) is 0. The zero-order valence-corrected chi connectivity index (χ0v) is 17.2. The molecule has 0 radical (unpaired) electrons. The third-order valence-electron chi connectivity index (χ3n) is 4.89. The molecule has 1 aliphatic rings. The van der Waals surface area contributed by atoms with E-state index in [9.17, 15) is 18.0 Å². The predicted octanol–water partition coefficient (Wildman–Crippen LogP) is 5.91. The summed E-state index contributed by atoms with van der Waals surface area (Å²) in [6.45, 7) is 7.48. The van der Waals surface area contributed by atoms with Crippen LogP contribution in [0.4, 0.5) is 13.2 Å². The van der Waals surface area contributed by atoms with Gasteiger partial charge in [0.15, 0.2) is 0 Å². The van der Waals surface area contributed by atoms with Crippen LogP contribution in [0, 0.1) is 34.7 Å². The lowest BCUT2D eigenvalue weighted by molar-refractivity contribution is -0.147. The van der Waals surface area contributed by atoms with Crippen molar-refractivity contribution >= 4 is 40.2 Å². The maximum Gasteiger partial charge on any atom is 0.426 e. The largest absolute Gasteiger partial charge is 0.461 e. The quantitative estimate of drug-likeness (QED) is 0.391. The van der Waals surface area contributed by atoms with Crippen molar-refractivity contribution in [1.29, 1.82) is 0 Å². The predicted molar refractivity (Wildman–Crippen MR) is 99.2 cm³/mol. The van der Waals surface area contributed by atoms with Crippen LogP contribution in [0.25, 0.3) is 0 Å². The van der Waals surface area contributed by atoms with E-state index < -0.39 is 34.4 Å². The third kappa shape index (κ3) is 4.32. The summed E-state index contributed by atoms with van der Waals surface area (Å²) in [6.07, 6.45) is -3.67. The molecule has 0 heterocycles. The Morgan fingerprint density at radius 2 is 1.96 bits per heavy atom. The zero-order chi connectivity index (χ0) is 19.2. The van der Waals surface area contributed by atoms with E-state index in [1.54, 1.807) is 13.8 Å². The van der Waals surface area contributed by atoms with Gasteiger partial charge >= 0.3 is 12.1 Å². The standard InChI is InChI=1S/C18H19ClF3IO2/c1-9-5-6-13(23)10(2)11(9)8-25-16(24)15-12(17(15,3)4)7-14(19)18(20,21)22/h5-7,12,15H,8H2,1-4H3/b14-7+. The number of carbonyl (C=O) groups is 1. The number of hydrogen-bond acceptors (Lipinski definition) is 2. The van der Waals surface area contributed by atoms with Crippen LogP contribution in [0.2, 0.25) is 0 Å². The van der Waals surface area contributed by atoms with E-state index in [0.717, 1.165) is 26.3 Å². The summed E-state index contributed by atoms with van der Waals surface area (Å²) in [4.78, 5) is 12.4. The van der Waals surface area contributed by atoms with Gasteiger partial charge in [0, 0.05) is 3.57 Å². The summed E-state index contributed by atoms with van der Waals surface area (Å²) in [5.41, 5.74) is 2.38. The van der Waals surface area contributed by atoms with Gasteiger partial charge in [-0.3, -0.25) is 4.79 Å². The Morgan fingerprint density at radius 3 is 2.52 bits per heavy atom. The van der Waals surface area contributed by atoms with Gasteiger partial charge in [-0.05, 0) is 70.5 Å². The van der Waals surface area contributed by atoms with E-state index in [1.807, 2.05) is 26.0 Å². The molecule has 2 nitrogen and oxygen atoms in total. The molecule has 0 saturated heterocycles. The van der Waals surface area contributed by atoms with Crippen LogP contribution in [0.1, 0.15) is 30.5 Å². The molecule has 1 aromatic rings. The highest BCUT2D eigenvalue weighted by Crippen LogP contribution is 2.60. The van der Waals surface area contributed by atoms with Crippen molar-refractivity contribution in [1.82, 2.24) is 0 Å². The Labute approximate surface area is 163 Å². The van der Waals surface area contributed by atoms with Crippen LogP contribution in [0.3, 0.4) is 0 Å². The maximum atomic E-state index is 12.6. The maximum absolute atomic E-state index is 12.6. The van der Waals surface area contributed by atoms with Crippen LogP contribution in [0.5, 0.6) is 0 Å². The number of hydrogen-bond donors (Lipinski definition) is 0. The number of ether oxygens (including phenoxy) is 1. The van der Waals surface area contributed by atoms with E-state index in [2.05, 4.69) is 22.6 Å². The molecular formula is C18H19ClF3IO2. The van der Waals surface area contributed by atoms with Gasteiger partial charge in [-0.1, -0.05) is 37.6 Å². The van der Waals surface area contributed by atoms with Gasteiger partial charge in [0.2, 0.25) is 0 Å². The topological polar surface area (TPSA) is 26.3 Å². The molecule has 7 heteroatoms. The second-order valence-corrected chi connectivity index (χ2v) is 8.48. The van der Waals surface area contributed by atoms with E-state index in [1.165, 1.54) is 0 Å². The van der Waals surface area contributed by atoms with Crippen molar-refractivity contribution in [3.63, 3.8) is 0 Å². The molecule has 0 aliphatic heterocycles. The summed E-state index contributed by atoms with van der Waals surface area (Å²) in [5.74, 6) is -1.69. The van der Waals surface area contributed by atoms with Gasteiger partial charge in [0.25, 0.3) is 0 Å². The van der Waals surface area contributed by atoms with E-state index in [4.69, 9.17) is 16.3 Å². The van der Waals surface area contributed by atoms with Crippen molar-refractivity contribution in [3.05, 3.63) is 43.5 Å². The smallest absolute Gasteiger partial charge is 0.426 e. The highest BCUT2D eigenvalue weighted by molar-refractivity contribution is 14.1. The number of esters is 1. The van der Waals surface area contributed by atoms with Gasteiger partial charge in [-0.15, -0.1) is 0 Å². The Hall–Kier alpha value is -0.760. The molecule has 0 N–H and O–H groups in total. The van der Waals surface area contributed by atoms with E-state index >= 15 is 0 Å². The second-order valence-electron chi connectivity index (χ2n) is 6.91. The van der Waals surface area contributed by atoms with Crippen molar-refractivity contribution in [2.24, 2.45) is 17.3 Å². The molecule has 1 fully saturated rings. The zero-order valence-electron chi connectivity index (χ0n) is 14.3. The van der Waals surface area contributed by atoms with Crippen molar-refractivity contribution in [2.45, 2.75) is 40.5 Å². The number of aryl methyl sites for hydroxylation is 1. The summed E-state index contributed by atoms with van der Waals surface area (Å²) in [5, 5.41) is -1.19. The van der Waals surface area contributed by atoms with Gasteiger partial charge in [0.05, 0.1) is 5.92 Å². The van der Waals surface area contributed by atoms with Gasteiger partial charge in [-0.25, -0.2) is 0 Å². The fourth-order valence-electron chi connectivity index (χ4n) is 3.01. The van der Waals surface area contributed by atoms with Crippen LogP contribution >= 0.6 is 34.2 Å². The van der Waals surface area contributed by atoms with Gasteiger partial charge < -0.3 is 4.74 Å². The molecule has 25 heavy (non-hydrogen) atoms.